The third-order valence-electron chi connectivity index (χ3n) is 1.17. The van der Waals surface area contributed by atoms with Crippen LogP contribution in [0.1, 0.15) is 5.69 Å². The van der Waals surface area contributed by atoms with Crippen LogP contribution in [0.25, 0.3) is 6.08 Å². The molecular weight excluding hydrogens is 214 g/mol. The minimum Gasteiger partial charge on any atom is -0.327 e. The summed E-state index contributed by atoms with van der Waals surface area (Å²) in [5.41, 5.74) is 5.94. The maximum Gasteiger partial charge on any atom is 0.141 e. The highest BCUT2D eigenvalue weighted by Crippen LogP contribution is 1.99. The average Bonchev–Trinajstić information content (AvgIpc) is 2.04. The first kappa shape index (κ1) is 14.9. The fraction of sp³-hybridized carbons (Fsp3) is 0.125. The van der Waals surface area contributed by atoms with Crippen molar-refractivity contribution in [2.24, 2.45) is 5.73 Å². The summed E-state index contributed by atoms with van der Waals surface area (Å²) in [4.78, 5) is 3.80. The van der Waals surface area contributed by atoms with E-state index in [4.69, 9.17) is 5.73 Å². The van der Waals surface area contributed by atoms with E-state index in [1.165, 1.54) is 12.3 Å². The van der Waals surface area contributed by atoms with E-state index in [9.17, 15) is 4.39 Å². The number of rotatable bonds is 2. The van der Waals surface area contributed by atoms with Crippen LogP contribution in [0.15, 0.2) is 24.4 Å². The van der Waals surface area contributed by atoms with Gasteiger partial charge in [0.2, 0.25) is 0 Å². The van der Waals surface area contributed by atoms with Crippen molar-refractivity contribution in [3.63, 3.8) is 0 Å². The molecule has 2 nitrogen and oxygen atoms in total. The Morgan fingerprint density at radius 3 is 2.54 bits per heavy atom. The largest absolute Gasteiger partial charge is 0.327 e. The summed E-state index contributed by atoms with van der Waals surface area (Å²) >= 11 is 0. The fourth-order valence-corrected chi connectivity index (χ4v) is 0.675. The molecule has 0 aromatic carbocycles. The minimum atomic E-state index is -0.324. The van der Waals surface area contributed by atoms with Crippen LogP contribution in [0.5, 0.6) is 0 Å². The Labute approximate surface area is 88.9 Å². The number of hydrogen-bond donors (Lipinski definition) is 1. The zero-order valence-corrected chi connectivity index (χ0v) is 8.45. The van der Waals surface area contributed by atoms with Crippen LogP contribution < -0.4 is 5.73 Å². The maximum atomic E-state index is 12.3. The highest BCUT2D eigenvalue weighted by molar-refractivity contribution is 5.85. The Morgan fingerprint density at radius 2 is 2.08 bits per heavy atom. The fourth-order valence-electron chi connectivity index (χ4n) is 0.675. The highest BCUT2D eigenvalue weighted by atomic mass is 35.5. The third-order valence-corrected chi connectivity index (χ3v) is 1.17. The number of halogens is 3. The van der Waals surface area contributed by atoms with Gasteiger partial charge in [0.05, 0.1) is 11.9 Å². The van der Waals surface area contributed by atoms with Crippen LogP contribution in [0.2, 0.25) is 0 Å². The van der Waals surface area contributed by atoms with Gasteiger partial charge in [-0.1, -0.05) is 6.08 Å². The number of pyridine rings is 1. The lowest BCUT2D eigenvalue weighted by atomic mass is 10.3. The Morgan fingerprint density at radius 1 is 1.38 bits per heavy atom. The van der Waals surface area contributed by atoms with Gasteiger partial charge in [0.15, 0.2) is 0 Å². The predicted molar refractivity (Wildman–Crippen MR) is 56.8 cm³/mol. The summed E-state index contributed by atoms with van der Waals surface area (Å²) in [6.07, 6.45) is 4.69. The van der Waals surface area contributed by atoms with E-state index in [1.54, 1.807) is 18.2 Å². The zero-order chi connectivity index (χ0) is 8.10. The third kappa shape index (κ3) is 5.58. The lowest BCUT2D eigenvalue weighted by molar-refractivity contribution is 0.621. The molecular formula is C8H11Cl2FN2. The molecule has 1 aromatic rings. The smallest absolute Gasteiger partial charge is 0.141 e. The molecule has 1 rings (SSSR count). The van der Waals surface area contributed by atoms with Gasteiger partial charge >= 0.3 is 0 Å². The second kappa shape index (κ2) is 7.98. The summed E-state index contributed by atoms with van der Waals surface area (Å²) in [5.74, 6) is -0.324. The van der Waals surface area contributed by atoms with Crippen molar-refractivity contribution in [3.05, 3.63) is 35.9 Å². The van der Waals surface area contributed by atoms with Crippen LogP contribution in [0.4, 0.5) is 4.39 Å². The quantitative estimate of drug-likeness (QED) is 0.836. The van der Waals surface area contributed by atoms with E-state index >= 15 is 0 Å². The lowest BCUT2D eigenvalue weighted by Gasteiger charge is -1.90. The Bertz CT molecular complexity index is 249. The summed E-state index contributed by atoms with van der Waals surface area (Å²) in [7, 11) is 0. The molecule has 2 N–H and O–H groups in total. The number of nitrogens with zero attached hydrogens (tertiary/aromatic N) is 1. The molecule has 13 heavy (non-hydrogen) atoms. The maximum absolute atomic E-state index is 12.3. The van der Waals surface area contributed by atoms with E-state index in [0.717, 1.165) is 5.69 Å². The van der Waals surface area contributed by atoms with Crippen molar-refractivity contribution in [2.75, 3.05) is 6.54 Å². The second-order valence-electron chi connectivity index (χ2n) is 2.04. The molecule has 0 aliphatic carbocycles. The first-order chi connectivity index (χ1) is 5.33. The molecule has 5 heteroatoms. The molecule has 74 valence electrons. The number of aromatic nitrogens is 1. The summed E-state index contributed by atoms with van der Waals surface area (Å²) < 4.78 is 12.3. The van der Waals surface area contributed by atoms with Crippen molar-refractivity contribution < 1.29 is 4.39 Å². The van der Waals surface area contributed by atoms with Crippen LogP contribution in [-0.4, -0.2) is 11.5 Å². The topological polar surface area (TPSA) is 38.9 Å². The average molecular weight is 225 g/mol. The van der Waals surface area contributed by atoms with Crippen LogP contribution in [0.3, 0.4) is 0 Å². The first-order valence-electron chi connectivity index (χ1n) is 3.31. The number of nitrogens with two attached hydrogens (primary N) is 1. The molecule has 0 aliphatic rings. The SMILES string of the molecule is Cl.Cl.NC/C=C/c1ccc(F)cn1. The second-order valence-corrected chi connectivity index (χ2v) is 2.04. The Balaban J connectivity index is 0. The van der Waals surface area contributed by atoms with Gasteiger partial charge in [0.1, 0.15) is 5.82 Å². The van der Waals surface area contributed by atoms with Gasteiger partial charge in [-0.25, -0.2) is 4.39 Å². The molecule has 0 fully saturated rings. The molecule has 0 radical (unpaired) electrons. The van der Waals surface area contributed by atoms with E-state index < -0.39 is 0 Å². The highest BCUT2D eigenvalue weighted by Gasteiger charge is 1.88. The van der Waals surface area contributed by atoms with E-state index in [-0.39, 0.29) is 30.6 Å². The Kier molecular flexibility index (Phi) is 9.12. The van der Waals surface area contributed by atoms with Crippen molar-refractivity contribution in [3.8, 4) is 0 Å². The summed E-state index contributed by atoms with van der Waals surface area (Å²) in [6.45, 7) is 0.471. The monoisotopic (exact) mass is 224 g/mol. The van der Waals surface area contributed by atoms with Crippen LogP contribution >= 0.6 is 24.8 Å². The van der Waals surface area contributed by atoms with Crippen LogP contribution in [0, 0.1) is 5.82 Å². The molecule has 0 bridgehead atoms. The molecule has 0 saturated carbocycles. The van der Waals surface area contributed by atoms with Gasteiger partial charge in [0.25, 0.3) is 0 Å². The summed E-state index contributed by atoms with van der Waals surface area (Å²) in [6, 6.07) is 2.96. The van der Waals surface area contributed by atoms with Gasteiger partial charge in [-0.15, -0.1) is 24.8 Å². The molecule has 0 atom stereocenters. The Hall–Kier alpha value is -0.640. The molecule has 0 saturated heterocycles. The molecule has 0 unspecified atom stereocenters. The van der Waals surface area contributed by atoms with E-state index in [2.05, 4.69) is 4.98 Å². The van der Waals surface area contributed by atoms with Crippen molar-refractivity contribution in [2.45, 2.75) is 0 Å². The van der Waals surface area contributed by atoms with Gasteiger partial charge in [-0.05, 0) is 18.2 Å². The predicted octanol–water partition coefficient (Wildman–Crippen LogP) is 2.04. The molecule has 1 aromatic heterocycles. The van der Waals surface area contributed by atoms with E-state index in [0.29, 0.717) is 6.54 Å². The van der Waals surface area contributed by atoms with Gasteiger partial charge in [-0.2, -0.15) is 0 Å². The van der Waals surface area contributed by atoms with Crippen molar-refractivity contribution in [1.29, 1.82) is 0 Å². The van der Waals surface area contributed by atoms with Crippen molar-refractivity contribution >= 4 is 30.9 Å². The molecule has 0 amide bonds. The zero-order valence-electron chi connectivity index (χ0n) is 6.81. The van der Waals surface area contributed by atoms with Gasteiger partial charge in [-0.3, -0.25) is 4.98 Å². The first-order valence-corrected chi connectivity index (χ1v) is 3.31. The molecule has 1 heterocycles. The minimum absolute atomic E-state index is 0. The van der Waals surface area contributed by atoms with Crippen LogP contribution in [-0.2, 0) is 0 Å². The molecule has 0 spiro atoms. The van der Waals surface area contributed by atoms with Crippen molar-refractivity contribution in [1.82, 2.24) is 4.98 Å². The number of hydrogen-bond acceptors (Lipinski definition) is 2. The lowest BCUT2D eigenvalue weighted by Crippen LogP contribution is -1.92. The normalized spacial score (nSPS) is 9.08. The van der Waals surface area contributed by atoms with Gasteiger partial charge < -0.3 is 5.73 Å². The van der Waals surface area contributed by atoms with Gasteiger partial charge in [0, 0.05) is 6.54 Å². The van der Waals surface area contributed by atoms with E-state index in [1.807, 2.05) is 0 Å². The standard InChI is InChI=1S/C8H9FN2.2ClH/c9-7-3-4-8(11-6-7)2-1-5-10;;/h1-4,6H,5,10H2;2*1H/b2-1+;;. The summed E-state index contributed by atoms with van der Waals surface area (Å²) in [5, 5.41) is 0. The molecule has 0 aliphatic heterocycles.